The highest BCUT2D eigenvalue weighted by Gasteiger charge is 2.34. The Morgan fingerprint density at radius 1 is 1.24 bits per heavy atom. The van der Waals surface area contributed by atoms with Crippen LogP contribution in [0.25, 0.3) is 0 Å². The third-order valence-electron chi connectivity index (χ3n) is 5.29. The maximum absolute atomic E-state index is 6.33. The zero-order chi connectivity index (χ0) is 14.8. The fourth-order valence-electron chi connectivity index (χ4n) is 3.84. The SMILES string of the molecule is CN1C2CCC1CN(CCC(N)c1ccccc1Cl)CC2. The molecule has 3 nitrogen and oxygen atoms in total. The number of hydrogen-bond acceptors (Lipinski definition) is 3. The Kier molecular flexibility index (Phi) is 4.85. The zero-order valence-corrected chi connectivity index (χ0v) is 13.6. The van der Waals surface area contributed by atoms with Crippen LogP contribution < -0.4 is 5.73 Å². The molecular weight excluding hydrogens is 282 g/mol. The second-order valence-electron chi connectivity index (χ2n) is 6.56. The number of likely N-dealkylation sites (tertiary alicyclic amines) is 1. The molecule has 0 aromatic heterocycles. The molecule has 2 heterocycles. The van der Waals surface area contributed by atoms with Crippen molar-refractivity contribution in [3.05, 3.63) is 34.9 Å². The topological polar surface area (TPSA) is 32.5 Å². The smallest absolute Gasteiger partial charge is 0.0453 e. The summed E-state index contributed by atoms with van der Waals surface area (Å²) in [6.45, 7) is 3.48. The van der Waals surface area contributed by atoms with E-state index in [0.29, 0.717) is 0 Å². The lowest BCUT2D eigenvalue weighted by Gasteiger charge is -2.26. The summed E-state index contributed by atoms with van der Waals surface area (Å²) in [6, 6.07) is 9.53. The fourth-order valence-corrected chi connectivity index (χ4v) is 4.11. The van der Waals surface area contributed by atoms with Gasteiger partial charge in [-0.1, -0.05) is 29.8 Å². The van der Waals surface area contributed by atoms with Gasteiger partial charge in [0.15, 0.2) is 0 Å². The minimum atomic E-state index is 0.0388. The van der Waals surface area contributed by atoms with Gasteiger partial charge in [-0.3, -0.25) is 4.90 Å². The molecule has 3 unspecified atom stereocenters. The number of hydrogen-bond donors (Lipinski definition) is 1. The lowest BCUT2D eigenvalue weighted by atomic mass is 10.0. The van der Waals surface area contributed by atoms with Crippen LogP contribution in [-0.2, 0) is 0 Å². The van der Waals surface area contributed by atoms with E-state index < -0.39 is 0 Å². The van der Waals surface area contributed by atoms with Gasteiger partial charge in [0.2, 0.25) is 0 Å². The molecule has 3 atom stereocenters. The van der Waals surface area contributed by atoms with Crippen LogP contribution in [0.4, 0.5) is 0 Å². The minimum Gasteiger partial charge on any atom is -0.324 e. The van der Waals surface area contributed by atoms with Crippen molar-refractivity contribution < 1.29 is 0 Å². The Balaban J connectivity index is 1.54. The Hall–Kier alpha value is -0.610. The van der Waals surface area contributed by atoms with Gasteiger partial charge in [-0.05, 0) is 50.9 Å². The second-order valence-corrected chi connectivity index (χ2v) is 6.96. The Morgan fingerprint density at radius 2 is 2.00 bits per heavy atom. The summed E-state index contributed by atoms with van der Waals surface area (Å²) in [6.07, 6.45) is 5.02. The van der Waals surface area contributed by atoms with Crippen LogP contribution in [0.2, 0.25) is 5.02 Å². The lowest BCUT2D eigenvalue weighted by Crippen LogP contribution is -2.37. The molecule has 2 aliphatic heterocycles. The number of likely N-dealkylation sites (N-methyl/N-ethyl adjacent to an activating group) is 1. The van der Waals surface area contributed by atoms with Gasteiger partial charge in [-0.15, -0.1) is 0 Å². The van der Waals surface area contributed by atoms with Gasteiger partial charge in [-0.25, -0.2) is 0 Å². The summed E-state index contributed by atoms with van der Waals surface area (Å²) in [4.78, 5) is 5.19. The second kappa shape index (κ2) is 6.66. The van der Waals surface area contributed by atoms with E-state index >= 15 is 0 Å². The van der Waals surface area contributed by atoms with Crippen LogP contribution in [0.5, 0.6) is 0 Å². The summed E-state index contributed by atoms with van der Waals surface area (Å²) in [5.74, 6) is 0. The van der Waals surface area contributed by atoms with Crippen LogP contribution in [0.15, 0.2) is 24.3 Å². The monoisotopic (exact) mass is 307 g/mol. The molecule has 2 fully saturated rings. The predicted octanol–water partition coefficient (Wildman–Crippen LogP) is 2.90. The lowest BCUT2D eigenvalue weighted by molar-refractivity contribution is 0.215. The molecule has 21 heavy (non-hydrogen) atoms. The zero-order valence-electron chi connectivity index (χ0n) is 12.8. The van der Waals surface area contributed by atoms with Gasteiger partial charge >= 0.3 is 0 Å². The Morgan fingerprint density at radius 3 is 2.81 bits per heavy atom. The molecule has 0 radical (unpaired) electrons. The van der Waals surface area contributed by atoms with Crippen molar-refractivity contribution in [2.75, 3.05) is 26.7 Å². The van der Waals surface area contributed by atoms with Crippen LogP contribution >= 0.6 is 11.6 Å². The molecule has 2 saturated heterocycles. The molecule has 0 amide bonds. The maximum atomic E-state index is 6.33. The van der Waals surface area contributed by atoms with Crippen LogP contribution in [0, 0.1) is 0 Å². The van der Waals surface area contributed by atoms with Gasteiger partial charge in [0.25, 0.3) is 0 Å². The molecule has 2 N–H and O–H groups in total. The summed E-state index contributed by atoms with van der Waals surface area (Å²) < 4.78 is 0. The van der Waals surface area contributed by atoms with Gasteiger partial charge in [-0.2, -0.15) is 0 Å². The number of fused-ring (bicyclic) bond motifs is 2. The van der Waals surface area contributed by atoms with E-state index in [1.54, 1.807) is 0 Å². The summed E-state index contributed by atoms with van der Waals surface area (Å²) >= 11 is 6.24. The summed E-state index contributed by atoms with van der Waals surface area (Å²) in [7, 11) is 2.29. The molecule has 0 aliphatic carbocycles. The first-order chi connectivity index (χ1) is 10.1. The van der Waals surface area contributed by atoms with Gasteiger partial charge in [0.1, 0.15) is 0 Å². The molecule has 2 aliphatic rings. The third kappa shape index (κ3) is 3.42. The average molecular weight is 308 g/mol. The number of halogens is 1. The molecule has 2 bridgehead atoms. The van der Waals surface area contributed by atoms with E-state index in [-0.39, 0.29) is 6.04 Å². The molecule has 1 aromatic rings. The van der Waals surface area contributed by atoms with Crippen LogP contribution in [-0.4, -0.2) is 48.6 Å². The third-order valence-corrected chi connectivity index (χ3v) is 5.64. The van der Waals surface area contributed by atoms with E-state index in [4.69, 9.17) is 17.3 Å². The van der Waals surface area contributed by atoms with Crippen molar-refractivity contribution in [2.45, 2.75) is 43.8 Å². The van der Waals surface area contributed by atoms with Crippen molar-refractivity contribution in [1.82, 2.24) is 9.80 Å². The first-order valence-electron chi connectivity index (χ1n) is 8.09. The molecule has 1 aromatic carbocycles. The van der Waals surface area contributed by atoms with Gasteiger partial charge in [0, 0.05) is 36.2 Å². The highest BCUT2D eigenvalue weighted by molar-refractivity contribution is 6.31. The van der Waals surface area contributed by atoms with E-state index in [2.05, 4.69) is 16.8 Å². The molecule has 4 heteroatoms. The van der Waals surface area contributed by atoms with Gasteiger partial charge in [0.05, 0.1) is 0 Å². The van der Waals surface area contributed by atoms with Crippen molar-refractivity contribution in [1.29, 1.82) is 0 Å². The average Bonchev–Trinajstić information content (AvgIpc) is 2.72. The standard InChI is InChI=1S/C17H26ClN3/c1-20-13-6-7-14(20)12-21(10-8-13)11-9-17(19)15-4-2-3-5-16(15)18/h2-5,13-14,17H,6-12,19H2,1H3. The van der Waals surface area contributed by atoms with Crippen molar-refractivity contribution in [3.63, 3.8) is 0 Å². The molecule has 116 valence electrons. The summed E-state index contributed by atoms with van der Waals surface area (Å²) in [5.41, 5.74) is 7.41. The highest BCUT2D eigenvalue weighted by atomic mass is 35.5. The number of rotatable bonds is 4. The van der Waals surface area contributed by atoms with E-state index in [1.807, 2.05) is 24.3 Å². The molecule has 0 saturated carbocycles. The van der Waals surface area contributed by atoms with Crippen LogP contribution in [0.3, 0.4) is 0 Å². The first-order valence-corrected chi connectivity index (χ1v) is 8.47. The van der Waals surface area contributed by atoms with Crippen molar-refractivity contribution >= 4 is 11.6 Å². The van der Waals surface area contributed by atoms with E-state index in [9.17, 15) is 0 Å². The highest BCUT2D eigenvalue weighted by Crippen LogP contribution is 2.29. The molecule has 0 spiro atoms. The minimum absolute atomic E-state index is 0.0388. The number of nitrogens with two attached hydrogens (primary N) is 1. The molecular formula is C17H26ClN3. The fraction of sp³-hybridized carbons (Fsp3) is 0.647. The maximum Gasteiger partial charge on any atom is 0.0453 e. The summed E-state index contributed by atoms with van der Waals surface area (Å²) in [5, 5.41) is 0.791. The first kappa shape index (κ1) is 15.3. The largest absolute Gasteiger partial charge is 0.324 e. The quantitative estimate of drug-likeness (QED) is 0.928. The van der Waals surface area contributed by atoms with Crippen molar-refractivity contribution in [3.8, 4) is 0 Å². The van der Waals surface area contributed by atoms with Gasteiger partial charge < -0.3 is 10.6 Å². The van der Waals surface area contributed by atoms with Crippen molar-refractivity contribution in [2.24, 2.45) is 5.73 Å². The molecule has 3 rings (SSSR count). The predicted molar refractivity (Wildman–Crippen MR) is 88.6 cm³/mol. The normalized spacial score (nSPS) is 28.5. The van der Waals surface area contributed by atoms with E-state index in [1.165, 1.54) is 32.4 Å². The van der Waals surface area contributed by atoms with E-state index in [0.717, 1.165) is 35.6 Å². The Labute approximate surface area is 133 Å². The van der Waals surface area contributed by atoms with Crippen LogP contribution in [0.1, 0.15) is 37.3 Å². The Bertz CT molecular complexity index is 479. The number of nitrogens with zero attached hydrogens (tertiary/aromatic N) is 2. The number of benzene rings is 1.